The first-order chi connectivity index (χ1) is 6.57. The summed E-state index contributed by atoms with van der Waals surface area (Å²) in [6.07, 6.45) is -0.855. The quantitative estimate of drug-likeness (QED) is 0.368. The lowest BCUT2D eigenvalue weighted by Crippen LogP contribution is -2.29. The SMILES string of the molecule is C=C(C)C(=O)NCCOCC(O)CO. The number of hydrogen-bond donors (Lipinski definition) is 3. The monoisotopic (exact) mass is 203 g/mol. The number of nitrogens with one attached hydrogen (secondary N) is 1. The smallest absolute Gasteiger partial charge is 0.246 e. The van der Waals surface area contributed by atoms with Gasteiger partial charge in [0.1, 0.15) is 6.10 Å². The number of aliphatic hydroxyl groups excluding tert-OH is 2. The van der Waals surface area contributed by atoms with Crippen molar-refractivity contribution in [1.29, 1.82) is 0 Å². The molecular weight excluding hydrogens is 186 g/mol. The number of carbonyl (C=O) groups is 1. The summed E-state index contributed by atoms with van der Waals surface area (Å²) in [5.41, 5.74) is 0.445. The molecule has 0 aromatic rings. The second-order valence-electron chi connectivity index (χ2n) is 2.95. The highest BCUT2D eigenvalue weighted by atomic mass is 16.5. The second kappa shape index (κ2) is 7.49. The van der Waals surface area contributed by atoms with E-state index in [1.165, 1.54) is 0 Å². The fraction of sp³-hybridized carbons (Fsp3) is 0.667. The van der Waals surface area contributed by atoms with Crippen LogP contribution in [-0.2, 0) is 9.53 Å². The molecule has 0 fully saturated rings. The summed E-state index contributed by atoms with van der Waals surface area (Å²) in [6, 6.07) is 0. The fourth-order valence-electron chi connectivity index (χ4n) is 0.660. The number of ether oxygens (including phenoxy) is 1. The molecule has 0 aliphatic rings. The molecule has 14 heavy (non-hydrogen) atoms. The molecule has 3 N–H and O–H groups in total. The summed E-state index contributed by atoms with van der Waals surface area (Å²) < 4.78 is 4.96. The minimum Gasteiger partial charge on any atom is -0.394 e. The Bertz CT molecular complexity index is 193. The van der Waals surface area contributed by atoms with Gasteiger partial charge in [-0.1, -0.05) is 6.58 Å². The third-order valence-corrected chi connectivity index (χ3v) is 1.44. The fourth-order valence-corrected chi connectivity index (χ4v) is 0.660. The molecule has 0 aliphatic heterocycles. The zero-order valence-electron chi connectivity index (χ0n) is 8.32. The van der Waals surface area contributed by atoms with E-state index in [1.807, 2.05) is 0 Å². The molecule has 82 valence electrons. The molecule has 0 rings (SSSR count). The highest BCUT2D eigenvalue weighted by Gasteiger charge is 2.02. The molecule has 0 aromatic heterocycles. The number of carbonyl (C=O) groups excluding carboxylic acids is 1. The summed E-state index contributed by atoms with van der Waals surface area (Å²) >= 11 is 0. The zero-order chi connectivity index (χ0) is 11.0. The van der Waals surface area contributed by atoms with Crippen LogP contribution < -0.4 is 5.32 Å². The van der Waals surface area contributed by atoms with Gasteiger partial charge in [-0.25, -0.2) is 0 Å². The summed E-state index contributed by atoms with van der Waals surface area (Å²) in [6.45, 7) is 5.50. The molecule has 0 bridgehead atoms. The third-order valence-electron chi connectivity index (χ3n) is 1.44. The standard InChI is InChI=1S/C9H17NO4/c1-7(2)9(13)10-3-4-14-6-8(12)5-11/h8,11-12H,1,3-6H2,2H3,(H,10,13). The first kappa shape index (κ1) is 13.1. The molecule has 0 heterocycles. The maximum absolute atomic E-state index is 10.9. The number of aliphatic hydroxyl groups is 2. The van der Waals surface area contributed by atoms with E-state index in [2.05, 4.69) is 11.9 Å². The van der Waals surface area contributed by atoms with Crippen LogP contribution in [0.5, 0.6) is 0 Å². The van der Waals surface area contributed by atoms with Crippen LogP contribution in [0.15, 0.2) is 12.2 Å². The van der Waals surface area contributed by atoms with Crippen LogP contribution >= 0.6 is 0 Å². The molecule has 0 radical (unpaired) electrons. The third kappa shape index (κ3) is 6.59. The Hall–Kier alpha value is -0.910. The highest BCUT2D eigenvalue weighted by molar-refractivity contribution is 5.91. The molecule has 1 amide bonds. The van der Waals surface area contributed by atoms with Crippen molar-refractivity contribution in [2.75, 3.05) is 26.4 Å². The second-order valence-corrected chi connectivity index (χ2v) is 2.95. The van der Waals surface area contributed by atoms with Gasteiger partial charge in [-0.2, -0.15) is 0 Å². The first-order valence-corrected chi connectivity index (χ1v) is 4.38. The summed E-state index contributed by atoms with van der Waals surface area (Å²) in [7, 11) is 0. The predicted octanol–water partition coefficient (Wildman–Crippen LogP) is -0.952. The van der Waals surface area contributed by atoms with Crippen LogP contribution in [0.2, 0.25) is 0 Å². The lowest BCUT2D eigenvalue weighted by atomic mass is 10.3. The maximum atomic E-state index is 10.9. The van der Waals surface area contributed by atoms with E-state index in [9.17, 15) is 4.79 Å². The highest BCUT2D eigenvalue weighted by Crippen LogP contribution is 1.86. The average Bonchev–Trinajstić information content (AvgIpc) is 2.16. The van der Waals surface area contributed by atoms with Crippen molar-refractivity contribution >= 4 is 5.91 Å². The van der Waals surface area contributed by atoms with Crippen LogP contribution in [-0.4, -0.2) is 48.6 Å². The summed E-state index contributed by atoms with van der Waals surface area (Å²) in [5.74, 6) is -0.212. The molecule has 0 aliphatic carbocycles. The predicted molar refractivity (Wildman–Crippen MR) is 51.7 cm³/mol. The van der Waals surface area contributed by atoms with Gasteiger partial charge in [-0.05, 0) is 6.92 Å². The van der Waals surface area contributed by atoms with Gasteiger partial charge < -0.3 is 20.3 Å². The van der Waals surface area contributed by atoms with Gasteiger partial charge in [0.15, 0.2) is 0 Å². The first-order valence-electron chi connectivity index (χ1n) is 4.38. The van der Waals surface area contributed by atoms with E-state index in [4.69, 9.17) is 14.9 Å². The maximum Gasteiger partial charge on any atom is 0.246 e. The summed E-state index contributed by atoms with van der Waals surface area (Å²) in [4.78, 5) is 10.9. The average molecular weight is 203 g/mol. The summed E-state index contributed by atoms with van der Waals surface area (Å²) in [5, 5.41) is 19.9. The number of amides is 1. The van der Waals surface area contributed by atoms with Crippen LogP contribution in [0.25, 0.3) is 0 Å². The van der Waals surface area contributed by atoms with Crippen molar-refractivity contribution in [3.05, 3.63) is 12.2 Å². The van der Waals surface area contributed by atoms with Crippen molar-refractivity contribution in [3.63, 3.8) is 0 Å². The molecule has 1 atom stereocenters. The Morgan fingerprint density at radius 2 is 2.29 bits per heavy atom. The van der Waals surface area contributed by atoms with Crippen molar-refractivity contribution < 1.29 is 19.7 Å². The lowest BCUT2D eigenvalue weighted by Gasteiger charge is -2.08. The molecule has 0 aromatic carbocycles. The van der Waals surface area contributed by atoms with Crippen LogP contribution in [0.4, 0.5) is 0 Å². The van der Waals surface area contributed by atoms with Crippen molar-refractivity contribution in [3.8, 4) is 0 Å². The topological polar surface area (TPSA) is 78.8 Å². The Balaban J connectivity index is 3.30. The van der Waals surface area contributed by atoms with Gasteiger partial charge in [0, 0.05) is 12.1 Å². The minimum atomic E-state index is -0.855. The van der Waals surface area contributed by atoms with Crippen molar-refractivity contribution in [1.82, 2.24) is 5.32 Å². The van der Waals surface area contributed by atoms with Crippen LogP contribution in [0, 0.1) is 0 Å². The molecule has 5 heteroatoms. The Morgan fingerprint density at radius 1 is 1.64 bits per heavy atom. The van der Waals surface area contributed by atoms with Gasteiger partial charge in [0.25, 0.3) is 0 Å². The largest absolute Gasteiger partial charge is 0.394 e. The van der Waals surface area contributed by atoms with Crippen molar-refractivity contribution in [2.24, 2.45) is 0 Å². The van der Waals surface area contributed by atoms with E-state index in [-0.39, 0.29) is 19.1 Å². The van der Waals surface area contributed by atoms with Gasteiger partial charge in [0.2, 0.25) is 5.91 Å². The molecular formula is C9H17NO4. The van der Waals surface area contributed by atoms with Gasteiger partial charge in [-0.15, -0.1) is 0 Å². The van der Waals surface area contributed by atoms with E-state index in [1.54, 1.807) is 6.92 Å². The van der Waals surface area contributed by atoms with Gasteiger partial charge >= 0.3 is 0 Å². The molecule has 0 spiro atoms. The van der Waals surface area contributed by atoms with Gasteiger partial charge in [0.05, 0.1) is 19.8 Å². The number of hydrogen-bond acceptors (Lipinski definition) is 4. The zero-order valence-corrected chi connectivity index (χ0v) is 8.32. The van der Waals surface area contributed by atoms with E-state index in [0.717, 1.165) is 0 Å². The van der Waals surface area contributed by atoms with E-state index < -0.39 is 6.10 Å². The lowest BCUT2D eigenvalue weighted by molar-refractivity contribution is -0.117. The Kier molecular flexibility index (Phi) is 7.00. The Labute approximate surface area is 83.4 Å². The van der Waals surface area contributed by atoms with E-state index in [0.29, 0.717) is 18.7 Å². The van der Waals surface area contributed by atoms with E-state index >= 15 is 0 Å². The molecule has 1 unspecified atom stereocenters. The normalized spacial score (nSPS) is 12.2. The Morgan fingerprint density at radius 3 is 2.79 bits per heavy atom. The van der Waals surface area contributed by atoms with Gasteiger partial charge in [-0.3, -0.25) is 4.79 Å². The minimum absolute atomic E-state index is 0.0689. The number of rotatable bonds is 7. The molecule has 0 saturated heterocycles. The molecule has 5 nitrogen and oxygen atoms in total. The molecule has 0 saturated carbocycles. The van der Waals surface area contributed by atoms with Crippen molar-refractivity contribution in [2.45, 2.75) is 13.0 Å². The van der Waals surface area contributed by atoms with Crippen LogP contribution in [0.3, 0.4) is 0 Å². The van der Waals surface area contributed by atoms with Crippen LogP contribution in [0.1, 0.15) is 6.92 Å².